The summed E-state index contributed by atoms with van der Waals surface area (Å²) in [5, 5.41) is 3.54. The van der Waals surface area contributed by atoms with Crippen LogP contribution >= 0.6 is 0 Å². The SMILES string of the molecule is Fc1cc(CC2CCCCN2)ccc1CN1CCCCC1. The van der Waals surface area contributed by atoms with Gasteiger partial charge in [0.15, 0.2) is 0 Å². The van der Waals surface area contributed by atoms with Crippen molar-refractivity contribution in [2.45, 2.75) is 57.5 Å². The van der Waals surface area contributed by atoms with E-state index in [-0.39, 0.29) is 5.82 Å². The highest BCUT2D eigenvalue weighted by molar-refractivity contribution is 5.25. The highest BCUT2D eigenvalue weighted by atomic mass is 19.1. The van der Waals surface area contributed by atoms with E-state index in [4.69, 9.17) is 0 Å². The first-order valence-corrected chi connectivity index (χ1v) is 8.54. The molecular weight excluding hydrogens is 263 g/mol. The van der Waals surface area contributed by atoms with E-state index >= 15 is 0 Å². The van der Waals surface area contributed by atoms with Crippen molar-refractivity contribution in [3.05, 3.63) is 35.1 Å². The Hall–Kier alpha value is -0.930. The largest absolute Gasteiger partial charge is 0.314 e. The van der Waals surface area contributed by atoms with Gasteiger partial charge in [0.2, 0.25) is 0 Å². The number of hydrogen-bond acceptors (Lipinski definition) is 2. The predicted molar refractivity (Wildman–Crippen MR) is 84.9 cm³/mol. The van der Waals surface area contributed by atoms with E-state index in [1.54, 1.807) is 6.07 Å². The molecule has 1 N–H and O–H groups in total. The Morgan fingerprint density at radius 3 is 2.67 bits per heavy atom. The molecule has 2 fully saturated rings. The summed E-state index contributed by atoms with van der Waals surface area (Å²) in [5.41, 5.74) is 1.99. The van der Waals surface area contributed by atoms with Gasteiger partial charge in [-0.1, -0.05) is 25.0 Å². The fraction of sp³-hybridized carbons (Fsp3) is 0.667. The van der Waals surface area contributed by atoms with Gasteiger partial charge >= 0.3 is 0 Å². The fourth-order valence-electron chi connectivity index (χ4n) is 3.59. The Bertz CT molecular complexity index is 449. The molecule has 3 heteroatoms. The zero-order valence-electron chi connectivity index (χ0n) is 12.9. The van der Waals surface area contributed by atoms with Crippen LogP contribution in [0.4, 0.5) is 4.39 Å². The summed E-state index contributed by atoms with van der Waals surface area (Å²) in [5.74, 6) is -0.0196. The van der Waals surface area contributed by atoms with E-state index < -0.39 is 0 Å². The minimum atomic E-state index is -0.0196. The highest BCUT2D eigenvalue weighted by Crippen LogP contribution is 2.19. The monoisotopic (exact) mass is 290 g/mol. The second-order valence-electron chi connectivity index (χ2n) is 6.61. The zero-order valence-corrected chi connectivity index (χ0v) is 12.9. The van der Waals surface area contributed by atoms with Gasteiger partial charge < -0.3 is 5.32 Å². The van der Waals surface area contributed by atoms with Crippen LogP contribution < -0.4 is 5.32 Å². The smallest absolute Gasteiger partial charge is 0.127 e. The van der Waals surface area contributed by atoms with Crippen LogP contribution in [0.3, 0.4) is 0 Å². The van der Waals surface area contributed by atoms with E-state index in [2.05, 4.69) is 16.3 Å². The van der Waals surface area contributed by atoms with Crippen LogP contribution in [0.25, 0.3) is 0 Å². The lowest BCUT2D eigenvalue weighted by Crippen LogP contribution is -2.35. The number of benzene rings is 1. The van der Waals surface area contributed by atoms with Crippen molar-refractivity contribution >= 4 is 0 Å². The Balaban J connectivity index is 1.59. The van der Waals surface area contributed by atoms with Crippen molar-refractivity contribution < 1.29 is 4.39 Å². The second-order valence-corrected chi connectivity index (χ2v) is 6.61. The van der Waals surface area contributed by atoms with Gasteiger partial charge in [-0.15, -0.1) is 0 Å². The second kappa shape index (κ2) is 7.37. The number of piperidine rings is 2. The normalized spacial score (nSPS) is 24.1. The summed E-state index contributed by atoms with van der Waals surface area (Å²) in [6, 6.07) is 6.42. The van der Waals surface area contributed by atoms with Gasteiger partial charge in [-0.25, -0.2) is 4.39 Å². The maximum atomic E-state index is 14.3. The lowest BCUT2D eigenvalue weighted by Gasteiger charge is -2.27. The molecule has 1 atom stereocenters. The van der Waals surface area contributed by atoms with Gasteiger partial charge in [0.1, 0.15) is 5.82 Å². The molecule has 0 spiro atoms. The summed E-state index contributed by atoms with van der Waals surface area (Å²) in [6.45, 7) is 4.12. The van der Waals surface area contributed by atoms with Crippen LogP contribution in [-0.4, -0.2) is 30.6 Å². The summed E-state index contributed by atoms with van der Waals surface area (Å²) < 4.78 is 14.3. The van der Waals surface area contributed by atoms with Crippen molar-refractivity contribution in [1.29, 1.82) is 0 Å². The summed E-state index contributed by atoms with van der Waals surface area (Å²) in [6.07, 6.45) is 8.59. The van der Waals surface area contributed by atoms with Crippen LogP contribution in [0.2, 0.25) is 0 Å². The molecule has 0 saturated carbocycles. The van der Waals surface area contributed by atoms with Crippen LogP contribution in [0.15, 0.2) is 18.2 Å². The molecule has 1 aromatic carbocycles. The molecule has 1 unspecified atom stereocenters. The van der Waals surface area contributed by atoms with E-state index in [1.807, 2.05) is 6.07 Å². The van der Waals surface area contributed by atoms with Gasteiger partial charge in [0, 0.05) is 18.2 Å². The highest BCUT2D eigenvalue weighted by Gasteiger charge is 2.15. The Labute approximate surface area is 127 Å². The molecule has 116 valence electrons. The third-order valence-corrected chi connectivity index (χ3v) is 4.85. The Morgan fingerprint density at radius 2 is 1.95 bits per heavy atom. The molecule has 21 heavy (non-hydrogen) atoms. The van der Waals surface area contributed by atoms with Crippen LogP contribution in [-0.2, 0) is 13.0 Å². The number of likely N-dealkylation sites (tertiary alicyclic amines) is 1. The molecular formula is C18H27FN2. The minimum absolute atomic E-state index is 0.0196. The van der Waals surface area contributed by atoms with Gasteiger partial charge in [-0.3, -0.25) is 4.90 Å². The van der Waals surface area contributed by atoms with Crippen LogP contribution in [0.5, 0.6) is 0 Å². The lowest BCUT2D eigenvalue weighted by molar-refractivity contribution is 0.218. The number of halogens is 1. The molecule has 2 aliphatic rings. The summed E-state index contributed by atoms with van der Waals surface area (Å²) in [7, 11) is 0. The number of rotatable bonds is 4. The lowest BCUT2D eigenvalue weighted by atomic mass is 9.97. The van der Waals surface area contributed by atoms with Crippen LogP contribution in [0, 0.1) is 5.82 Å². The maximum Gasteiger partial charge on any atom is 0.127 e. The summed E-state index contributed by atoms with van der Waals surface area (Å²) >= 11 is 0. The third kappa shape index (κ3) is 4.27. The fourth-order valence-corrected chi connectivity index (χ4v) is 3.59. The number of nitrogens with zero attached hydrogens (tertiary/aromatic N) is 1. The molecule has 0 bridgehead atoms. The topological polar surface area (TPSA) is 15.3 Å². The van der Waals surface area contributed by atoms with Gasteiger partial charge in [-0.2, -0.15) is 0 Å². The molecule has 3 rings (SSSR count). The van der Waals surface area contributed by atoms with Crippen LogP contribution in [0.1, 0.15) is 49.7 Å². The van der Waals surface area contributed by atoms with Crippen molar-refractivity contribution in [2.24, 2.45) is 0 Å². The first-order valence-electron chi connectivity index (χ1n) is 8.54. The first-order chi connectivity index (χ1) is 10.3. The maximum absolute atomic E-state index is 14.3. The van der Waals surface area contributed by atoms with Gasteiger partial charge in [0.25, 0.3) is 0 Å². The average Bonchev–Trinajstić information content (AvgIpc) is 2.52. The third-order valence-electron chi connectivity index (χ3n) is 4.85. The quantitative estimate of drug-likeness (QED) is 0.913. The molecule has 2 heterocycles. The van der Waals surface area contributed by atoms with Crippen molar-refractivity contribution in [3.63, 3.8) is 0 Å². The van der Waals surface area contributed by atoms with Gasteiger partial charge in [0.05, 0.1) is 0 Å². The molecule has 1 aromatic rings. The predicted octanol–water partition coefficient (Wildman–Crippen LogP) is 3.50. The molecule has 0 amide bonds. The number of hydrogen-bond donors (Lipinski definition) is 1. The zero-order chi connectivity index (χ0) is 14.5. The molecule has 0 aliphatic carbocycles. The molecule has 0 aromatic heterocycles. The molecule has 2 saturated heterocycles. The standard InChI is InChI=1S/C18H27FN2/c19-18-13-15(12-17-6-2-3-9-20-17)7-8-16(18)14-21-10-4-1-5-11-21/h7-8,13,17,20H,1-6,9-12,14H2. The Morgan fingerprint density at radius 1 is 1.10 bits per heavy atom. The average molecular weight is 290 g/mol. The van der Waals surface area contributed by atoms with Crippen molar-refractivity contribution in [2.75, 3.05) is 19.6 Å². The first kappa shape index (κ1) is 15.0. The van der Waals surface area contributed by atoms with Gasteiger partial charge in [-0.05, 0) is 63.4 Å². The van der Waals surface area contributed by atoms with E-state index in [9.17, 15) is 4.39 Å². The van der Waals surface area contributed by atoms with E-state index in [0.29, 0.717) is 6.04 Å². The minimum Gasteiger partial charge on any atom is -0.314 e. The Kier molecular flexibility index (Phi) is 5.26. The number of nitrogens with one attached hydrogen (secondary N) is 1. The molecule has 0 radical (unpaired) electrons. The van der Waals surface area contributed by atoms with E-state index in [1.165, 1.54) is 38.5 Å². The molecule has 2 nitrogen and oxygen atoms in total. The van der Waals surface area contributed by atoms with E-state index in [0.717, 1.165) is 43.7 Å². The van der Waals surface area contributed by atoms with Crippen molar-refractivity contribution in [1.82, 2.24) is 10.2 Å². The molecule has 2 aliphatic heterocycles. The van der Waals surface area contributed by atoms with Crippen molar-refractivity contribution in [3.8, 4) is 0 Å². The summed E-state index contributed by atoms with van der Waals surface area (Å²) in [4.78, 5) is 2.38.